The van der Waals surface area contributed by atoms with Crippen molar-refractivity contribution in [1.29, 1.82) is 0 Å². The monoisotopic (exact) mass is 719 g/mol. The zero-order valence-electron chi connectivity index (χ0n) is 28.7. The molecule has 0 aromatic heterocycles. The fraction of sp³-hybridized carbons (Fsp3) is 0.941. The lowest BCUT2D eigenvalue weighted by Crippen LogP contribution is -2.64. The van der Waals surface area contributed by atoms with Crippen LogP contribution in [-0.2, 0) is 38.0 Å². The molecule has 14 atom stereocenters. The first-order chi connectivity index (χ1) is 24.0. The second-order valence-corrected chi connectivity index (χ2v) is 14.6. The number of carbonyl (C=O) groups excluding carboxylic acids is 1. The van der Waals surface area contributed by atoms with Gasteiger partial charge in [-0.15, -0.1) is 0 Å². The summed E-state index contributed by atoms with van der Waals surface area (Å²) in [7, 11) is 0. The Bertz CT molecular complexity index is 1070. The van der Waals surface area contributed by atoms with Gasteiger partial charge in [0.05, 0.1) is 18.8 Å². The van der Waals surface area contributed by atoms with E-state index in [1.807, 2.05) is 0 Å². The summed E-state index contributed by atoms with van der Waals surface area (Å²) < 4.78 is 35.9. The van der Waals surface area contributed by atoms with Crippen LogP contribution >= 0.6 is 0 Å². The van der Waals surface area contributed by atoms with Gasteiger partial charge in [0.1, 0.15) is 54.9 Å². The van der Waals surface area contributed by atoms with E-state index in [0.29, 0.717) is 0 Å². The van der Waals surface area contributed by atoms with Crippen molar-refractivity contribution in [3.8, 4) is 0 Å². The van der Waals surface area contributed by atoms with Crippen molar-refractivity contribution in [2.75, 3.05) is 19.8 Å². The van der Waals surface area contributed by atoms with Gasteiger partial charge in [0.15, 0.2) is 18.7 Å². The number of hydrogen-bond acceptors (Lipinski definition) is 14. The normalized spacial score (nSPS) is 41.4. The topological polar surface area (TPSA) is 243 Å². The lowest BCUT2D eigenvalue weighted by atomic mass is 9.85. The van der Waals surface area contributed by atoms with E-state index in [9.17, 15) is 45.3 Å². The lowest BCUT2D eigenvalue weighted by molar-refractivity contribution is -0.355. The molecular formula is C34H57NO15. The Morgan fingerprint density at radius 2 is 1.42 bits per heavy atom. The molecule has 0 unspecified atom stereocenters. The van der Waals surface area contributed by atoms with E-state index in [-0.39, 0.29) is 43.7 Å². The highest BCUT2D eigenvalue weighted by Gasteiger charge is 2.51. The molecule has 0 bridgehead atoms. The first kappa shape index (κ1) is 39.7. The van der Waals surface area contributed by atoms with Crippen LogP contribution in [0.25, 0.3) is 0 Å². The summed E-state index contributed by atoms with van der Waals surface area (Å²) in [6.07, 6.45) is -9.00. The van der Waals surface area contributed by atoms with Crippen molar-refractivity contribution in [3.63, 3.8) is 0 Å². The van der Waals surface area contributed by atoms with E-state index in [1.54, 1.807) is 0 Å². The average molecular weight is 720 g/mol. The Balaban J connectivity index is 1.33. The van der Waals surface area contributed by atoms with Crippen molar-refractivity contribution in [2.24, 2.45) is 11.8 Å². The molecule has 5 aliphatic rings. The fourth-order valence-electron chi connectivity index (χ4n) is 7.95. The number of hydrogen-bond donors (Lipinski definition) is 8. The first-order valence-corrected chi connectivity index (χ1v) is 18.4. The minimum atomic E-state index is -1.69. The van der Waals surface area contributed by atoms with Crippen LogP contribution in [0.5, 0.6) is 0 Å². The van der Waals surface area contributed by atoms with Crippen LogP contribution in [0.4, 0.5) is 0 Å². The lowest BCUT2D eigenvalue weighted by Gasteiger charge is -2.47. The van der Waals surface area contributed by atoms with Crippen molar-refractivity contribution >= 4 is 11.9 Å². The third kappa shape index (κ3) is 9.71. The molecular weight excluding hydrogens is 662 g/mol. The van der Waals surface area contributed by atoms with Crippen LogP contribution in [0.2, 0.25) is 0 Å². The number of carbonyl (C=O) groups is 2. The number of aliphatic hydroxyl groups excluding tert-OH is 6. The van der Waals surface area contributed by atoms with Gasteiger partial charge in [-0.25, -0.2) is 4.79 Å². The van der Waals surface area contributed by atoms with Crippen molar-refractivity contribution in [2.45, 2.75) is 170 Å². The number of nitrogens with one attached hydrogen (secondary N) is 1. The van der Waals surface area contributed by atoms with E-state index in [4.69, 9.17) is 28.4 Å². The molecule has 2 saturated carbocycles. The van der Waals surface area contributed by atoms with Gasteiger partial charge in [0.25, 0.3) is 0 Å². The number of rotatable bonds is 13. The van der Waals surface area contributed by atoms with Gasteiger partial charge in [0.2, 0.25) is 5.91 Å². The van der Waals surface area contributed by atoms with Gasteiger partial charge < -0.3 is 69.5 Å². The Morgan fingerprint density at radius 3 is 2.08 bits per heavy atom. The number of carboxylic acids is 1. The molecule has 0 spiro atoms. The summed E-state index contributed by atoms with van der Waals surface area (Å²) in [6.45, 7) is 0.965. The summed E-state index contributed by atoms with van der Waals surface area (Å²) in [4.78, 5) is 25.3. The molecule has 2 aliphatic carbocycles. The van der Waals surface area contributed by atoms with E-state index >= 15 is 0 Å². The van der Waals surface area contributed by atoms with Crippen molar-refractivity contribution < 1.29 is 73.8 Å². The third-order valence-electron chi connectivity index (χ3n) is 11.0. The minimum absolute atomic E-state index is 0.00264. The maximum atomic E-state index is 13.0. The molecule has 3 heterocycles. The number of carboxylic acid groups (broad SMARTS) is 1. The van der Waals surface area contributed by atoms with Gasteiger partial charge in [-0.05, 0) is 38.5 Å². The number of aliphatic carboxylic acids is 1. The first-order valence-electron chi connectivity index (χ1n) is 18.4. The maximum Gasteiger partial charge on any atom is 0.332 e. The summed E-state index contributed by atoms with van der Waals surface area (Å²) >= 11 is 0. The summed E-state index contributed by atoms with van der Waals surface area (Å²) in [6, 6.07) is 0. The van der Waals surface area contributed by atoms with Crippen LogP contribution < -0.4 is 5.32 Å². The molecule has 0 aromatic rings. The molecule has 3 aliphatic heterocycles. The van der Waals surface area contributed by atoms with Crippen molar-refractivity contribution in [3.05, 3.63) is 0 Å². The van der Waals surface area contributed by atoms with Crippen LogP contribution in [0.3, 0.4) is 0 Å². The molecule has 5 fully saturated rings. The highest BCUT2D eigenvalue weighted by molar-refractivity contribution is 5.78. The largest absolute Gasteiger partial charge is 0.479 e. The van der Waals surface area contributed by atoms with Crippen molar-refractivity contribution in [1.82, 2.24) is 5.32 Å². The van der Waals surface area contributed by atoms with Crippen LogP contribution in [-0.4, -0.2) is 153 Å². The highest BCUT2D eigenvalue weighted by atomic mass is 16.7. The fourth-order valence-corrected chi connectivity index (χ4v) is 7.95. The SMILES string of the molecule is C[C@@H]1O[C@@H](O[C@@H]2[C@@H](CNC(=O)C3CCCCC3)OCC[C@H]2O[C@@H]2O[C@H](CO)[C@H](O)[C@H](O[C@@H](CC3CCCCC3)C(=O)O)[C@H]2O)[C@@H](O)[C@H](O)[C@@H]1O. The summed E-state index contributed by atoms with van der Waals surface area (Å²) in [5.74, 6) is -1.36. The predicted molar refractivity (Wildman–Crippen MR) is 171 cm³/mol. The van der Waals surface area contributed by atoms with E-state index < -0.39 is 98.4 Å². The minimum Gasteiger partial charge on any atom is -0.479 e. The summed E-state index contributed by atoms with van der Waals surface area (Å²) in [5.41, 5.74) is 0. The molecule has 50 heavy (non-hydrogen) atoms. The molecule has 16 heteroatoms. The molecule has 288 valence electrons. The molecule has 5 rings (SSSR count). The standard InChI is InChI=1S/C34H57NO15/c1-17-24(37)26(39)27(40)33(46-17)50-29-20(12-13-45-22(29)15-35-31(42)19-10-6-3-7-11-19)48-34-28(41)30(25(38)23(16-36)49-34)47-21(32(43)44)14-18-8-4-2-5-9-18/h17-30,33-34,36-41H,2-16H2,1H3,(H,35,42)(H,43,44)/t17-,20+,21-,22+,23+,24+,25-,26+,27-,28+,29-,30-,33-,34+/m0/s1. The molecule has 16 nitrogen and oxygen atoms in total. The molecule has 0 aromatic carbocycles. The zero-order chi connectivity index (χ0) is 35.9. The number of aliphatic hydroxyl groups is 6. The Kier molecular flexibility index (Phi) is 14.7. The second kappa shape index (κ2) is 18.5. The molecule has 3 saturated heterocycles. The Morgan fingerprint density at radius 1 is 0.760 bits per heavy atom. The van der Waals surface area contributed by atoms with Gasteiger partial charge >= 0.3 is 5.97 Å². The number of ether oxygens (including phenoxy) is 6. The number of amides is 1. The van der Waals surface area contributed by atoms with Gasteiger partial charge in [-0.3, -0.25) is 4.79 Å². The molecule has 8 N–H and O–H groups in total. The van der Waals surface area contributed by atoms with Crippen LogP contribution in [0.1, 0.15) is 84.0 Å². The van der Waals surface area contributed by atoms with E-state index in [2.05, 4.69) is 5.32 Å². The van der Waals surface area contributed by atoms with Crippen LogP contribution in [0.15, 0.2) is 0 Å². The van der Waals surface area contributed by atoms with Gasteiger partial charge in [0, 0.05) is 19.1 Å². The third-order valence-corrected chi connectivity index (χ3v) is 11.0. The highest BCUT2D eigenvalue weighted by Crippen LogP contribution is 2.34. The maximum absolute atomic E-state index is 13.0. The average Bonchev–Trinajstić information content (AvgIpc) is 3.12. The molecule has 1 amide bonds. The summed E-state index contributed by atoms with van der Waals surface area (Å²) in [5, 5.41) is 76.9. The Labute approximate surface area is 292 Å². The van der Waals surface area contributed by atoms with Gasteiger partial charge in [-0.2, -0.15) is 0 Å². The van der Waals surface area contributed by atoms with E-state index in [1.165, 1.54) is 6.92 Å². The predicted octanol–water partition coefficient (Wildman–Crippen LogP) is -0.682. The quantitative estimate of drug-likeness (QED) is 0.118. The van der Waals surface area contributed by atoms with Crippen LogP contribution in [0, 0.1) is 11.8 Å². The zero-order valence-corrected chi connectivity index (χ0v) is 28.7. The van der Waals surface area contributed by atoms with Gasteiger partial charge in [-0.1, -0.05) is 51.4 Å². The van der Waals surface area contributed by atoms with E-state index in [0.717, 1.165) is 64.2 Å². The smallest absolute Gasteiger partial charge is 0.332 e. The molecule has 0 radical (unpaired) electrons. The second-order valence-electron chi connectivity index (χ2n) is 14.6. The Hall–Kier alpha value is -1.54.